The molecule has 124 valence electrons. The van der Waals surface area contributed by atoms with Crippen molar-refractivity contribution in [2.24, 2.45) is 12.5 Å². The van der Waals surface area contributed by atoms with Crippen LogP contribution < -0.4 is 5.32 Å². The highest BCUT2D eigenvalue weighted by Gasteiger charge is 2.23. The first-order valence-electron chi connectivity index (χ1n) is 7.66. The fraction of sp³-hybridized carbons (Fsp3) is 0.278. The molecule has 0 saturated carbocycles. The van der Waals surface area contributed by atoms with Gasteiger partial charge in [0.15, 0.2) is 0 Å². The van der Waals surface area contributed by atoms with E-state index in [1.807, 2.05) is 62.8 Å². The Morgan fingerprint density at radius 2 is 1.96 bits per heavy atom. The second-order valence-corrected chi connectivity index (χ2v) is 7.11. The lowest BCUT2D eigenvalue weighted by atomic mass is 9.95. The van der Waals surface area contributed by atoms with Crippen LogP contribution in [0.15, 0.2) is 36.7 Å². The predicted octanol–water partition coefficient (Wildman–Crippen LogP) is 4.27. The van der Waals surface area contributed by atoms with Gasteiger partial charge in [0.05, 0.1) is 11.9 Å². The number of halogens is 1. The van der Waals surface area contributed by atoms with Gasteiger partial charge in [0.25, 0.3) is 0 Å². The zero-order chi connectivity index (χ0) is 17.5. The van der Waals surface area contributed by atoms with E-state index in [-0.39, 0.29) is 11.2 Å². The van der Waals surface area contributed by atoms with Crippen molar-refractivity contribution in [1.29, 1.82) is 0 Å². The summed E-state index contributed by atoms with van der Waals surface area (Å²) < 4.78 is 2.02. The van der Waals surface area contributed by atoms with Gasteiger partial charge in [-0.15, -0.1) is 0 Å². The highest BCUT2D eigenvalue weighted by molar-refractivity contribution is 6.28. The first kappa shape index (κ1) is 16.5. The van der Waals surface area contributed by atoms with Crippen LogP contribution in [-0.4, -0.2) is 20.4 Å². The number of hydrogen-bond acceptors (Lipinski definition) is 3. The molecule has 0 radical (unpaired) electrons. The Bertz CT molecular complexity index is 924. The van der Waals surface area contributed by atoms with Crippen LogP contribution in [0, 0.1) is 5.41 Å². The maximum Gasteiger partial charge on any atom is 0.229 e. The molecule has 1 amide bonds. The van der Waals surface area contributed by atoms with Crippen LogP contribution in [-0.2, 0) is 11.8 Å². The number of para-hydroxylation sites is 1. The fourth-order valence-corrected chi connectivity index (χ4v) is 2.63. The number of anilines is 1. The number of carbonyl (C=O) groups is 1. The zero-order valence-corrected chi connectivity index (χ0v) is 14.8. The summed E-state index contributed by atoms with van der Waals surface area (Å²) in [6.45, 7) is 5.57. The summed E-state index contributed by atoms with van der Waals surface area (Å²) >= 11 is 6.01. The lowest BCUT2D eigenvalue weighted by Crippen LogP contribution is -2.28. The summed E-state index contributed by atoms with van der Waals surface area (Å²) in [5.41, 5.74) is 2.63. The molecule has 0 atom stereocenters. The van der Waals surface area contributed by atoms with E-state index in [1.165, 1.54) is 0 Å². The minimum Gasteiger partial charge on any atom is -0.350 e. The van der Waals surface area contributed by atoms with Crippen molar-refractivity contribution in [3.63, 3.8) is 0 Å². The summed E-state index contributed by atoms with van der Waals surface area (Å²) in [5, 5.41) is 4.11. The van der Waals surface area contributed by atoms with Crippen molar-refractivity contribution in [2.75, 3.05) is 5.32 Å². The number of rotatable bonds is 2. The molecule has 0 fully saturated rings. The van der Waals surface area contributed by atoms with Gasteiger partial charge in [0, 0.05) is 35.1 Å². The summed E-state index contributed by atoms with van der Waals surface area (Å²) in [5.74, 6) is -0.102. The van der Waals surface area contributed by atoms with Gasteiger partial charge in [-0.25, -0.2) is 9.97 Å². The highest BCUT2D eigenvalue weighted by atomic mass is 35.5. The molecule has 0 aliphatic carbocycles. The first-order chi connectivity index (χ1) is 11.3. The second-order valence-electron chi connectivity index (χ2n) is 6.78. The van der Waals surface area contributed by atoms with E-state index in [1.54, 1.807) is 6.20 Å². The average molecular weight is 343 g/mol. The van der Waals surface area contributed by atoms with Crippen LogP contribution in [0.3, 0.4) is 0 Å². The second kappa shape index (κ2) is 5.91. The Balaban J connectivity index is 2.16. The summed E-state index contributed by atoms with van der Waals surface area (Å²) in [4.78, 5) is 20.8. The molecule has 24 heavy (non-hydrogen) atoms. The van der Waals surface area contributed by atoms with Gasteiger partial charge in [0.1, 0.15) is 5.69 Å². The molecule has 0 bridgehead atoms. The van der Waals surface area contributed by atoms with Gasteiger partial charge in [-0.2, -0.15) is 0 Å². The van der Waals surface area contributed by atoms with Gasteiger partial charge < -0.3 is 9.88 Å². The molecule has 0 unspecified atom stereocenters. The molecular formula is C18H19ClN4O. The number of nitrogens with zero attached hydrogens (tertiary/aromatic N) is 3. The summed E-state index contributed by atoms with van der Waals surface area (Å²) in [6.07, 6.45) is 3.53. The third kappa shape index (κ3) is 2.99. The highest BCUT2D eigenvalue weighted by Crippen LogP contribution is 2.34. The molecule has 0 saturated heterocycles. The molecule has 2 heterocycles. The average Bonchev–Trinajstić information content (AvgIpc) is 2.85. The number of nitrogens with one attached hydrogen (secondary N) is 1. The number of aryl methyl sites for hydroxylation is 1. The molecule has 2 aromatic heterocycles. The van der Waals surface area contributed by atoms with Crippen molar-refractivity contribution in [2.45, 2.75) is 20.8 Å². The molecule has 3 aromatic rings. The van der Waals surface area contributed by atoms with Crippen LogP contribution >= 0.6 is 11.6 Å². The maximum atomic E-state index is 12.4. The fourth-order valence-electron chi connectivity index (χ4n) is 2.50. The molecule has 5 nitrogen and oxygen atoms in total. The third-order valence-electron chi connectivity index (χ3n) is 3.84. The van der Waals surface area contributed by atoms with E-state index in [0.29, 0.717) is 11.4 Å². The number of amides is 1. The third-order valence-corrected chi connectivity index (χ3v) is 4.02. The molecular weight excluding hydrogens is 324 g/mol. The van der Waals surface area contributed by atoms with Crippen LogP contribution in [0.1, 0.15) is 20.8 Å². The number of fused-ring (bicyclic) bond motifs is 1. The van der Waals surface area contributed by atoms with E-state index in [0.717, 1.165) is 16.5 Å². The van der Waals surface area contributed by atoms with Crippen LogP contribution in [0.2, 0.25) is 5.28 Å². The predicted molar refractivity (Wildman–Crippen MR) is 97.0 cm³/mol. The molecule has 1 N–H and O–H groups in total. The standard InChI is InChI=1S/C18H19ClN4O/c1-18(2,3)16(24)21-13-9-20-17(19)22-15(13)12-10-23(4)14-8-6-5-7-11(12)14/h5-10H,1-4H3,(H,21,24). The number of benzene rings is 1. The van der Waals surface area contributed by atoms with Crippen LogP contribution in [0.4, 0.5) is 5.69 Å². The Morgan fingerprint density at radius 3 is 2.67 bits per heavy atom. The summed E-state index contributed by atoms with van der Waals surface area (Å²) in [7, 11) is 1.97. The maximum absolute atomic E-state index is 12.4. The monoisotopic (exact) mass is 342 g/mol. The zero-order valence-electron chi connectivity index (χ0n) is 14.1. The Hall–Kier alpha value is -2.40. The van der Waals surface area contributed by atoms with Gasteiger partial charge in [-0.3, -0.25) is 4.79 Å². The number of aromatic nitrogens is 3. The molecule has 0 spiro atoms. The van der Waals surface area contributed by atoms with Crippen LogP contribution in [0.5, 0.6) is 0 Å². The lowest BCUT2D eigenvalue weighted by molar-refractivity contribution is -0.123. The van der Waals surface area contributed by atoms with Gasteiger partial charge in [-0.1, -0.05) is 39.0 Å². The normalized spacial score (nSPS) is 11.7. The SMILES string of the molecule is Cn1cc(-c2nc(Cl)ncc2NC(=O)C(C)(C)C)c2ccccc21. The summed E-state index contributed by atoms with van der Waals surface area (Å²) in [6, 6.07) is 8.02. The van der Waals surface area contributed by atoms with Crippen molar-refractivity contribution in [1.82, 2.24) is 14.5 Å². The molecule has 3 rings (SSSR count). The number of hydrogen-bond donors (Lipinski definition) is 1. The molecule has 0 aliphatic heterocycles. The van der Waals surface area contributed by atoms with Crippen molar-refractivity contribution in [3.05, 3.63) is 41.9 Å². The van der Waals surface area contributed by atoms with E-state index < -0.39 is 5.41 Å². The van der Waals surface area contributed by atoms with E-state index >= 15 is 0 Å². The minimum absolute atomic E-state index is 0.102. The van der Waals surface area contributed by atoms with E-state index in [2.05, 4.69) is 15.3 Å². The smallest absolute Gasteiger partial charge is 0.229 e. The van der Waals surface area contributed by atoms with E-state index in [4.69, 9.17) is 11.6 Å². The largest absolute Gasteiger partial charge is 0.350 e. The lowest BCUT2D eigenvalue weighted by Gasteiger charge is -2.18. The molecule has 1 aromatic carbocycles. The minimum atomic E-state index is -0.518. The topological polar surface area (TPSA) is 59.8 Å². The van der Waals surface area contributed by atoms with E-state index in [9.17, 15) is 4.79 Å². The number of carbonyl (C=O) groups excluding carboxylic acids is 1. The van der Waals surface area contributed by atoms with Crippen molar-refractivity contribution < 1.29 is 4.79 Å². The van der Waals surface area contributed by atoms with Crippen LogP contribution in [0.25, 0.3) is 22.2 Å². The van der Waals surface area contributed by atoms with Gasteiger partial charge in [0.2, 0.25) is 11.2 Å². The molecule has 0 aliphatic rings. The van der Waals surface area contributed by atoms with Gasteiger partial charge in [-0.05, 0) is 17.7 Å². The van der Waals surface area contributed by atoms with Crippen molar-refractivity contribution in [3.8, 4) is 11.3 Å². The van der Waals surface area contributed by atoms with Gasteiger partial charge >= 0.3 is 0 Å². The Morgan fingerprint density at radius 1 is 1.25 bits per heavy atom. The first-order valence-corrected chi connectivity index (χ1v) is 8.03. The Labute approximate surface area is 145 Å². The molecule has 6 heteroatoms. The quantitative estimate of drug-likeness (QED) is 0.707. The Kier molecular flexibility index (Phi) is 4.05. The van der Waals surface area contributed by atoms with Crippen molar-refractivity contribution >= 4 is 34.1 Å².